The van der Waals surface area contributed by atoms with Crippen molar-refractivity contribution in [2.24, 2.45) is 0 Å². The average molecular weight is 417 g/mol. The van der Waals surface area contributed by atoms with Crippen LogP contribution in [0.15, 0.2) is 12.7 Å². The molecule has 0 aromatic heterocycles. The Morgan fingerprint density at radius 1 is 1.08 bits per heavy atom. The third kappa shape index (κ3) is 8.25. The minimum atomic E-state index is -5.02. The summed E-state index contributed by atoms with van der Waals surface area (Å²) in [5.74, 6) is 0. The van der Waals surface area contributed by atoms with E-state index in [2.05, 4.69) is 14.9 Å². The first kappa shape index (κ1) is 25.3. The van der Waals surface area contributed by atoms with Crippen molar-refractivity contribution in [3.05, 3.63) is 12.7 Å². The van der Waals surface area contributed by atoms with Crippen molar-refractivity contribution in [3.8, 4) is 0 Å². The number of aliphatic hydroxyl groups is 1. The molecule has 1 aliphatic rings. The summed E-state index contributed by atoms with van der Waals surface area (Å²) in [7, 11) is -8.93. The van der Waals surface area contributed by atoms with Crippen LogP contribution in [0.3, 0.4) is 0 Å². The SMILES string of the molecule is C=CCO[C@@H]1[C@H](OS(=O)(=O)O)[C@@H](OC)O[C@H](CO)[C@H]1OS(=O)(=O)O.[Na+]. The van der Waals surface area contributed by atoms with E-state index in [-0.39, 0.29) is 36.2 Å². The van der Waals surface area contributed by atoms with Crippen LogP contribution in [-0.2, 0) is 43.4 Å². The zero-order chi connectivity index (χ0) is 18.5. The van der Waals surface area contributed by atoms with Crippen molar-refractivity contribution in [2.45, 2.75) is 30.7 Å². The molecule has 0 aliphatic carbocycles. The fourth-order valence-corrected chi connectivity index (χ4v) is 3.08. The molecule has 3 N–H and O–H groups in total. The first-order valence-electron chi connectivity index (χ1n) is 6.35. The Morgan fingerprint density at radius 2 is 1.60 bits per heavy atom. The first-order chi connectivity index (χ1) is 11.0. The monoisotopic (exact) mass is 417 g/mol. The fourth-order valence-electron chi connectivity index (χ4n) is 2.08. The Bertz CT molecular complexity index is 572. The topological polar surface area (TPSA) is 175 Å². The van der Waals surface area contributed by atoms with Gasteiger partial charge in [-0.15, -0.1) is 6.58 Å². The molecule has 0 aromatic carbocycles. The molecule has 0 bridgehead atoms. The van der Waals surface area contributed by atoms with Gasteiger partial charge in [0.15, 0.2) is 12.4 Å². The van der Waals surface area contributed by atoms with Gasteiger partial charge in [0.05, 0.1) is 13.2 Å². The molecule has 1 heterocycles. The second kappa shape index (κ2) is 10.6. The van der Waals surface area contributed by atoms with E-state index in [0.717, 1.165) is 7.11 Å². The molecule has 0 unspecified atom stereocenters. The molecule has 5 atom stereocenters. The standard InChI is InChI=1S/C10H18O12S2.Na/c1-3-4-19-8-7(21-23(12,13)14)6(5-11)20-10(18-2)9(8)22-24(15,16)17;/h3,6-11H,1,4-5H2,2H3,(H,12,13,14)(H,15,16,17);/q;+1/t6-,7-,8+,9+,10+;/m1./s1. The predicted molar refractivity (Wildman–Crippen MR) is 75.5 cm³/mol. The number of hydrogen-bond acceptors (Lipinski definition) is 10. The molecule has 1 aliphatic heterocycles. The van der Waals surface area contributed by atoms with Gasteiger partial charge in [0.2, 0.25) is 0 Å². The number of methoxy groups -OCH3 is 1. The summed E-state index contributed by atoms with van der Waals surface area (Å²) in [4.78, 5) is 0. The van der Waals surface area contributed by atoms with E-state index in [1.54, 1.807) is 0 Å². The van der Waals surface area contributed by atoms with Gasteiger partial charge in [-0.25, -0.2) is 8.37 Å². The Morgan fingerprint density at radius 3 is 2.00 bits per heavy atom. The minimum absolute atomic E-state index is 0. The zero-order valence-corrected chi connectivity index (χ0v) is 17.1. The summed E-state index contributed by atoms with van der Waals surface area (Å²) in [5, 5.41) is 9.31. The summed E-state index contributed by atoms with van der Waals surface area (Å²) >= 11 is 0. The maximum Gasteiger partial charge on any atom is 1.00 e. The first-order valence-corrected chi connectivity index (χ1v) is 9.08. The Balaban J connectivity index is 0.00000576. The number of ether oxygens (including phenoxy) is 3. The molecule has 25 heavy (non-hydrogen) atoms. The van der Waals surface area contributed by atoms with Crippen molar-refractivity contribution in [1.82, 2.24) is 0 Å². The molecule has 142 valence electrons. The molecule has 0 saturated carbocycles. The van der Waals surface area contributed by atoms with E-state index in [1.807, 2.05) is 0 Å². The van der Waals surface area contributed by atoms with E-state index in [0.29, 0.717) is 0 Å². The fraction of sp³-hybridized carbons (Fsp3) is 0.800. The van der Waals surface area contributed by atoms with Crippen molar-refractivity contribution in [1.29, 1.82) is 0 Å². The van der Waals surface area contributed by atoms with Crippen LogP contribution in [0.2, 0.25) is 0 Å². The predicted octanol–water partition coefficient (Wildman–Crippen LogP) is -4.70. The smallest absolute Gasteiger partial charge is 0.394 e. The van der Waals surface area contributed by atoms with E-state index in [1.165, 1.54) is 6.08 Å². The molecule has 1 rings (SSSR count). The van der Waals surface area contributed by atoms with Gasteiger partial charge < -0.3 is 19.3 Å². The van der Waals surface area contributed by atoms with Crippen LogP contribution in [0.25, 0.3) is 0 Å². The van der Waals surface area contributed by atoms with Crippen LogP contribution < -0.4 is 29.6 Å². The molecule has 15 heteroatoms. The van der Waals surface area contributed by atoms with Crippen molar-refractivity contribution in [3.63, 3.8) is 0 Å². The Labute approximate surface area is 167 Å². The molecule has 0 amide bonds. The summed E-state index contributed by atoms with van der Waals surface area (Å²) in [6.07, 6.45) is -6.56. The van der Waals surface area contributed by atoms with Crippen molar-refractivity contribution >= 4 is 20.8 Å². The van der Waals surface area contributed by atoms with E-state index in [9.17, 15) is 21.9 Å². The molecule has 1 saturated heterocycles. The molecular formula is C10H18NaO12S2+. The third-order valence-electron chi connectivity index (χ3n) is 2.88. The van der Waals surface area contributed by atoms with E-state index >= 15 is 0 Å². The quantitative estimate of drug-likeness (QED) is 0.186. The number of aliphatic hydroxyl groups excluding tert-OH is 1. The third-order valence-corrected chi connectivity index (χ3v) is 3.81. The molecule has 0 aromatic rings. The molecular weight excluding hydrogens is 399 g/mol. The van der Waals surface area contributed by atoms with Crippen LogP contribution in [0.1, 0.15) is 0 Å². The molecule has 0 radical (unpaired) electrons. The normalized spacial score (nSPS) is 30.5. The Kier molecular flexibility index (Phi) is 10.7. The van der Waals surface area contributed by atoms with Gasteiger partial charge in [-0.1, -0.05) is 6.08 Å². The summed E-state index contributed by atoms with van der Waals surface area (Å²) < 4.78 is 85.8. The van der Waals surface area contributed by atoms with Gasteiger partial charge in [0.25, 0.3) is 0 Å². The summed E-state index contributed by atoms with van der Waals surface area (Å²) in [5.41, 5.74) is 0. The molecule has 1 fully saturated rings. The van der Waals surface area contributed by atoms with E-state index in [4.69, 9.17) is 23.3 Å². The van der Waals surface area contributed by atoms with Gasteiger partial charge in [-0.3, -0.25) is 9.11 Å². The van der Waals surface area contributed by atoms with Crippen LogP contribution in [0, 0.1) is 0 Å². The van der Waals surface area contributed by atoms with Crippen LogP contribution in [0.4, 0.5) is 0 Å². The average Bonchev–Trinajstić information content (AvgIpc) is 2.44. The van der Waals surface area contributed by atoms with Crippen LogP contribution >= 0.6 is 0 Å². The van der Waals surface area contributed by atoms with Crippen molar-refractivity contribution < 1.29 is 83.2 Å². The minimum Gasteiger partial charge on any atom is -0.394 e. The van der Waals surface area contributed by atoms with Gasteiger partial charge >= 0.3 is 50.4 Å². The summed E-state index contributed by atoms with van der Waals surface area (Å²) in [6, 6.07) is 0. The maximum absolute atomic E-state index is 11.0. The van der Waals surface area contributed by atoms with Gasteiger partial charge in [0.1, 0.15) is 18.3 Å². The Hall–Kier alpha value is 0.320. The zero-order valence-electron chi connectivity index (χ0n) is 13.4. The largest absolute Gasteiger partial charge is 1.00 e. The van der Waals surface area contributed by atoms with Crippen molar-refractivity contribution in [2.75, 3.05) is 20.3 Å². The van der Waals surface area contributed by atoms with Gasteiger partial charge in [-0.05, 0) is 0 Å². The van der Waals surface area contributed by atoms with E-state index < -0.39 is 58.1 Å². The number of rotatable bonds is 9. The van der Waals surface area contributed by atoms with Crippen LogP contribution in [0.5, 0.6) is 0 Å². The molecule has 0 spiro atoms. The maximum atomic E-state index is 11.0. The van der Waals surface area contributed by atoms with Gasteiger partial charge in [0, 0.05) is 7.11 Å². The second-order valence-corrected chi connectivity index (χ2v) is 6.62. The second-order valence-electron chi connectivity index (χ2n) is 4.52. The summed E-state index contributed by atoms with van der Waals surface area (Å²) in [6.45, 7) is 2.37. The van der Waals surface area contributed by atoms with Gasteiger partial charge in [-0.2, -0.15) is 16.8 Å². The number of hydrogen-bond donors (Lipinski definition) is 3. The van der Waals surface area contributed by atoms with Crippen LogP contribution in [-0.4, -0.2) is 82.1 Å². The molecule has 12 nitrogen and oxygen atoms in total.